The smallest absolute Gasteiger partial charge is 0.361 e. The lowest BCUT2D eigenvalue weighted by molar-refractivity contribution is -0.325. The molecule has 2 aromatic rings. The van der Waals surface area contributed by atoms with Crippen LogP contribution in [0.25, 0.3) is 10.9 Å². The van der Waals surface area contributed by atoms with Crippen molar-refractivity contribution in [2.45, 2.75) is 45.0 Å². The van der Waals surface area contributed by atoms with Gasteiger partial charge in [-0.15, -0.1) is 13.2 Å². The van der Waals surface area contributed by atoms with Gasteiger partial charge in [-0.05, 0) is 24.5 Å². The summed E-state index contributed by atoms with van der Waals surface area (Å²) >= 11 is 0. The fourth-order valence-corrected chi connectivity index (χ4v) is 4.24. The van der Waals surface area contributed by atoms with E-state index in [9.17, 15) is 18.0 Å². The highest BCUT2D eigenvalue weighted by Gasteiger charge is 2.29. The van der Waals surface area contributed by atoms with Crippen molar-refractivity contribution >= 4 is 28.6 Å². The van der Waals surface area contributed by atoms with Crippen molar-refractivity contribution in [3.05, 3.63) is 36.0 Å². The van der Waals surface area contributed by atoms with E-state index in [1.54, 1.807) is 4.90 Å². The van der Waals surface area contributed by atoms with Gasteiger partial charge in [0.2, 0.25) is 0 Å². The molecule has 1 atom stereocenters. The number of aromatic amines is 1. The summed E-state index contributed by atoms with van der Waals surface area (Å²) in [5, 5.41) is 23.0. The number of aromatic nitrogens is 1. The van der Waals surface area contributed by atoms with Gasteiger partial charge >= 0.3 is 6.36 Å². The van der Waals surface area contributed by atoms with Crippen molar-refractivity contribution < 1.29 is 22.7 Å². The third kappa shape index (κ3) is 8.23. The fraction of sp³-hybridized carbons (Fsp3) is 0.542. The Hall–Kier alpha value is -3.12. The molecule has 1 saturated heterocycles. The molecule has 0 bridgehead atoms. The van der Waals surface area contributed by atoms with Crippen molar-refractivity contribution in [2.24, 2.45) is 0 Å². The van der Waals surface area contributed by atoms with Gasteiger partial charge in [0.25, 0.3) is 5.91 Å². The average Bonchev–Trinajstić information content (AvgIpc) is 3.24. The number of benzene rings is 1. The Balaban J connectivity index is 1.47. The molecule has 0 spiro atoms. The zero-order valence-corrected chi connectivity index (χ0v) is 20.4. The number of ether oxygens (including phenoxy) is 1. The monoisotopic (exact) mass is 509 g/mol. The third-order valence-corrected chi connectivity index (χ3v) is 6.21. The second kappa shape index (κ2) is 12.7. The van der Waals surface area contributed by atoms with Gasteiger partial charge in [0.15, 0.2) is 11.8 Å². The number of nitrogens with zero attached hydrogens (tertiary/aromatic N) is 2. The van der Waals surface area contributed by atoms with Gasteiger partial charge in [0.05, 0.1) is 6.61 Å². The molecule has 0 aliphatic carbocycles. The Kier molecular flexibility index (Phi) is 9.71. The lowest BCUT2D eigenvalue weighted by Crippen LogP contribution is -2.55. The number of amidine groups is 1. The van der Waals surface area contributed by atoms with Crippen LogP contribution in [-0.4, -0.2) is 84.2 Å². The molecule has 12 heteroatoms. The molecule has 1 amide bonds. The number of rotatable bonds is 9. The van der Waals surface area contributed by atoms with Crippen LogP contribution in [0.15, 0.2) is 30.5 Å². The molecule has 1 fully saturated rings. The number of H-pyrrole nitrogens is 1. The number of unbranched alkanes of at least 4 members (excludes halogenated alkanes) is 1. The molecular formula is C24H34F3N7O2. The van der Waals surface area contributed by atoms with Crippen molar-refractivity contribution in [3.8, 4) is 0 Å². The van der Waals surface area contributed by atoms with Gasteiger partial charge in [0.1, 0.15) is 0 Å². The third-order valence-electron chi connectivity index (χ3n) is 6.21. The predicted octanol–water partition coefficient (Wildman–Crippen LogP) is 3.04. The fourth-order valence-electron chi connectivity index (χ4n) is 4.24. The first-order valence-electron chi connectivity index (χ1n) is 12.1. The van der Waals surface area contributed by atoms with E-state index in [1.807, 2.05) is 35.4 Å². The number of carbonyl (C=O) groups is 1. The molecule has 0 radical (unpaired) electrons. The second-order valence-corrected chi connectivity index (χ2v) is 8.85. The van der Waals surface area contributed by atoms with E-state index in [-0.39, 0.29) is 18.5 Å². The molecule has 1 aliphatic heterocycles. The molecule has 198 valence electrons. The number of piperazine rings is 1. The van der Waals surface area contributed by atoms with E-state index in [0.29, 0.717) is 32.6 Å². The van der Waals surface area contributed by atoms with Crippen molar-refractivity contribution in [3.63, 3.8) is 0 Å². The number of halogens is 3. The summed E-state index contributed by atoms with van der Waals surface area (Å²) in [6, 6.07) is 7.81. The van der Waals surface area contributed by atoms with Crippen molar-refractivity contribution in [2.75, 3.05) is 39.3 Å². The van der Waals surface area contributed by atoms with Crippen LogP contribution in [0.1, 0.15) is 31.7 Å². The molecule has 1 unspecified atom stereocenters. The lowest BCUT2D eigenvalue weighted by atomic mass is 10.0. The molecule has 36 heavy (non-hydrogen) atoms. The average molecular weight is 510 g/mol. The van der Waals surface area contributed by atoms with E-state index >= 15 is 0 Å². The van der Waals surface area contributed by atoms with Crippen LogP contribution < -0.4 is 10.6 Å². The van der Waals surface area contributed by atoms with Gasteiger partial charge in [0, 0.05) is 55.9 Å². The number of nitrogens with one attached hydrogen (secondary N) is 5. The number of carbonyl (C=O) groups excluding carboxylic acids is 1. The summed E-state index contributed by atoms with van der Waals surface area (Å²) in [5.74, 6) is -1.08. The summed E-state index contributed by atoms with van der Waals surface area (Å²) in [7, 11) is 0. The summed E-state index contributed by atoms with van der Waals surface area (Å²) in [6.07, 6.45) is 0.619. The maximum atomic E-state index is 12.7. The number of para-hydroxylation sites is 1. The Morgan fingerprint density at radius 1 is 1.19 bits per heavy atom. The largest absolute Gasteiger partial charge is 0.522 e. The minimum absolute atomic E-state index is 0.0805. The standard InChI is InChI=1S/C24H34F3N7O2/c1-2-3-6-18(15-17-16-30-20-8-5-4-7-19(17)20)31-22(35)21(28)32-23(29)34-11-9-33(10-12-34)13-14-36-24(25,26)27/h4-5,7-8,16,18,30H,2-3,6,9-15H2,1H3,(H,31,35)(H3,28,29,32). The lowest BCUT2D eigenvalue weighted by Gasteiger charge is -2.35. The van der Waals surface area contributed by atoms with Gasteiger partial charge in [-0.2, -0.15) is 0 Å². The molecular weight excluding hydrogens is 475 g/mol. The van der Waals surface area contributed by atoms with Crippen LogP contribution in [0.3, 0.4) is 0 Å². The minimum Gasteiger partial charge on any atom is -0.361 e. The quantitative estimate of drug-likeness (QED) is 0.263. The van der Waals surface area contributed by atoms with Crippen LogP contribution in [0.5, 0.6) is 0 Å². The molecule has 0 saturated carbocycles. The number of hydrogen-bond acceptors (Lipinski definition) is 5. The van der Waals surface area contributed by atoms with E-state index in [1.165, 1.54) is 0 Å². The van der Waals surface area contributed by atoms with Crippen LogP contribution >= 0.6 is 0 Å². The maximum absolute atomic E-state index is 12.7. The zero-order valence-electron chi connectivity index (χ0n) is 20.4. The molecule has 9 nitrogen and oxygen atoms in total. The summed E-state index contributed by atoms with van der Waals surface area (Å²) in [6.45, 7) is 3.48. The van der Waals surface area contributed by atoms with Crippen LogP contribution in [-0.2, 0) is 16.0 Å². The molecule has 3 rings (SSSR count). The molecule has 2 heterocycles. The number of alkyl halides is 3. The van der Waals surface area contributed by atoms with Gasteiger partial charge in [-0.1, -0.05) is 38.0 Å². The van der Waals surface area contributed by atoms with Crippen molar-refractivity contribution in [1.82, 2.24) is 25.4 Å². The second-order valence-electron chi connectivity index (χ2n) is 8.85. The molecule has 1 aromatic carbocycles. The van der Waals surface area contributed by atoms with E-state index in [4.69, 9.17) is 10.8 Å². The minimum atomic E-state index is -4.64. The highest BCUT2D eigenvalue weighted by molar-refractivity contribution is 6.39. The normalized spacial score (nSPS) is 15.6. The number of guanidine groups is 1. The Labute approximate surface area is 208 Å². The summed E-state index contributed by atoms with van der Waals surface area (Å²) in [5.41, 5.74) is 2.13. The van der Waals surface area contributed by atoms with E-state index in [2.05, 4.69) is 27.3 Å². The molecule has 1 aromatic heterocycles. The van der Waals surface area contributed by atoms with Crippen molar-refractivity contribution in [1.29, 1.82) is 10.8 Å². The molecule has 5 N–H and O–H groups in total. The Morgan fingerprint density at radius 3 is 2.61 bits per heavy atom. The Morgan fingerprint density at radius 2 is 1.92 bits per heavy atom. The maximum Gasteiger partial charge on any atom is 0.522 e. The highest BCUT2D eigenvalue weighted by atomic mass is 19.4. The Bertz CT molecular complexity index is 1030. The zero-order chi connectivity index (χ0) is 26.1. The number of hydrogen-bond donors (Lipinski definition) is 5. The first-order chi connectivity index (χ1) is 17.2. The summed E-state index contributed by atoms with van der Waals surface area (Å²) in [4.78, 5) is 19.5. The first-order valence-corrected chi connectivity index (χ1v) is 12.1. The van der Waals surface area contributed by atoms with Gasteiger partial charge < -0.3 is 20.5 Å². The summed E-state index contributed by atoms with van der Waals surface area (Å²) < 4.78 is 40.2. The van der Waals surface area contributed by atoms with E-state index in [0.717, 1.165) is 35.7 Å². The predicted molar refractivity (Wildman–Crippen MR) is 132 cm³/mol. The van der Waals surface area contributed by atoms with Crippen LogP contribution in [0.2, 0.25) is 0 Å². The number of amides is 1. The molecule has 1 aliphatic rings. The SMILES string of the molecule is CCCCC(Cc1c[nH]c2ccccc12)NC(=O)C(=N)NC(=N)N1CCN(CCOC(F)(F)F)CC1. The number of fused-ring (bicyclic) bond motifs is 1. The van der Waals surface area contributed by atoms with Crippen LogP contribution in [0, 0.1) is 10.8 Å². The van der Waals surface area contributed by atoms with Crippen LogP contribution in [0.4, 0.5) is 13.2 Å². The first kappa shape index (κ1) is 27.5. The van der Waals surface area contributed by atoms with E-state index < -0.39 is 24.7 Å². The topological polar surface area (TPSA) is 120 Å². The van der Waals surface area contributed by atoms with Gasteiger partial charge in [-0.25, -0.2) is 0 Å². The highest BCUT2D eigenvalue weighted by Crippen LogP contribution is 2.20. The van der Waals surface area contributed by atoms with Gasteiger partial charge in [-0.3, -0.25) is 25.2 Å².